The highest BCUT2D eigenvalue weighted by Crippen LogP contribution is 2.26. The van der Waals surface area contributed by atoms with Crippen LogP contribution in [0.15, 0.2) is 35.7 Å². The Bertz CT molecular complexity index is 523. The Morgan fingerprint density at radius 1 is 1.18 bits per heavy atom. The first kappa shape index (κ1) is 12.0. The third-order valence-electron chi connectivity index (χ3n) is 2.41. The fourth-order valence-electron chi connectivity index (χ4n) is 1.46. The molecule has 0 aliphatic rings. The van der Waals surface area contributed by atoms with Crippen molar-refractivity contribution in [3.05, 3.63) is 52.0 Å². The number of carbonyl (C=O) groups is 1. The number of hydrogen-bond acceptors (Lipinski definition) is 3. The lowest BCUT2D eigenvalue weighted by molar-refractivity contribution is 0.103. The van der Waals surface area contributed by atoms with Crippen molar-refractivity contribution < 1.29 is 4.79 Å². The molecular weight excluding hydrogens is 230 g/mol. The third kappa shape index (κ3) is 2.61. The molecule has 1 heterocycles. The summed E-state index contributed by atoms with van der Waals surface area (Å²) in [5.41, 5.74) is 1.24. The van der Waals surface area contributed by atoms with Crippen LogP contribution in [0.4, 0.5) is 0 Å². The van der Waals surface area contributed by atoms with Crippen LogP contribution in [0.5, 0.6) is 0 Å². The molecule has 0 fully saturated rings. The zero-order chi connectivity index (χ0) is 12.5. The van der Waals surface area contributed by atoms with E-state index in [1.165, 1.54) is 0 Å². The second-order valence-corrected chi connectivity index (χ2v) is 5.84. The Kier molecular flexibility index (Phi) is 3.11. The predicted octanol–water partition coefficient (Wildman–Crippen LogP) is 3.67. The molecule has 88 valence electrons. The van der Waals surface area contributed by atoms with Gasteiger partial charge >= 0.3 is 0 Å². The van der Waals surface area contributed by atoms with Crippen LogP contribution >= 0.6 is 11.3 Å². The van der Waals surface area contributed by atoms with Gasteiger partial charge in [0.05, 0.1) is 5.01 Å². The summed E-state index contributed by atoms with van der Waals surface area (Å²) in [6, 6.07) is 9.27. The zero-order valence-electron chi connectivity index (χ0n) is 10.2. The molecule has 0 aliphatic carbocycles. The third-order valence-corrected chi connectivity index (χ3v) is 3.68. The number of benzene rings is 1. The average Bonchev–Trinajstić information content (AvgIpc) is 2.78. The fourth-order valence-corrected chi connectivity index (χ4v) is 2.35. The molecule has 0 bridgehead atoms. The molecule has 17 heavy (non-hydrogen) atoms. The Labute approximate surface area is 105 Å². The van der Waals surface area contributed by atoms with Gasteiger partial charge in [0, 0.05) is 16.4 Å². The maximum Gasteiger partial charge on any atom is 0.212 e. The van der Waals surface area contributed by atoms with Crippen LogP contribution in [0.25, 0.3) is 0 Å². The van der Waals surface area contributed by atoms with Gasteiger partial charge in [0.2, 0.25) is 5.78 Å². The SMILES string of the molecule is CC(C)(C)c1nc(C(=O)c2ccccc2)cs1. The van der Waals surface area contributed by atoms with Gasteiger partial charge in [-0.2, -0.15) is 0 Å². The quantitative estimate of drug-likeness (QED) is 0.756. The van der Waals surface area contributed by atoms with E-state index in [0.717, 1.165) is 5.01 Å². The first-order valence-electron chi connectivity index (χ1n) is 5.54. The van der Waals surface area contributed by atoms with E-state index in [1.807, 2.05) is 35.7 Å². The Balaban J connectivity index is 2.30. The molecule has 0 radical (unpaired) electrons. The van der Waals surface area contributed by atoms with Crippen molar-refractivity contribution in [2.24, 2.45) is 0 Å². The number of aromatic nitrogens is 1. The molecule has 2 rings (SSSR count). The molecule has 0 saturated heterocycles. The lowest BCUT2D eigenvalue weighted by atomic mass is 9.98. The van der Waals surface area contributed by atoms with Crippen molar-refractivity contribution in [3.8, 4) is 0 Å². The summed E-state index contributed by atoms with van der Waals surface area (Å²) in [6.45, 7) is 6.30. The normalized spacial score (nSPS) is 11.5. The number of rotatable bonds is 2. The van der Waals surface area contributed by atoms with E-state index >= 15 is 0 Å². The number of hydrogen-bond donors (Lipinski definition) is 0. The first-order chi connectivity index (χ1) is 7.98. The van der Waals surface area contributed by atoms with Crippen molar-refractivity contribution in [1.29, 1.82) is 0 Å². The van der Waals surface area contributed by atoms with E-state index in [0.29, 0.717) is 11.3 Å². The fraction of sp³-hybridized carbons (Fsp3) is 0.286. The maximum atomic E-state index is 12.1. The van der Waals surface area contributed by atoms with E-state index in [2.05, 4.69) is 25.8 Å². The number of ketones is 1. The Morgan fingerprint density at radius 3 is 2.35 bits per heavy atom. The summed E-state index contributed by atoms with van der Waals surface area (Å²) in [4.78, 5) is 16.6. The summed E-state index contributed by atoms with van der Waals surface area (Å²) >= 11 is 1.55. The van der Waals surface area contributed by atoms with Crippen molar-refractivity contribution in [2.45, 2.75) is 26.2 Å². The van der Waals surface area contributed by atoms with Gasteiger partial charge in [-0.25, -0.2) is 4.98 Å². The van der Waals surface area contributed by atoms with Crippen molar-refractivity contribution in [2.75, 3.05) is 0 Å². The maximum absolute atomic E-state index is 12.1. The summed E-state index contributed by atoms with van der Waals surface area (Å²) in [6.07, 6.45) is 0. The van der Waals surface area contributed by atoms with Gasteiger partial charge in [0.1, 0.15) is 5.69 Å². The number of nitrogens with zero attached hydrogens (tertiary/aromatic N) is 1. The molecule has 0 amide bonds. The highest BCUT2D eigenvalue weighted by molar-refractivity contribution is 7.10. The topological polar surface area (TPSA) is 30.0 Å². The van der Waals surface area contributed by atoms with Crippen LogP contribution in [-0.4, -0.2) is 10.8 Å². The van der Waals surface area contributed by atoms with Gasteiger partial charge in [-0.1, -0.05) is 51.1 Å². The lowest BCUT2D eigenvalue weighted by Crippen LogP contribution is -2.11. The standard InChI is InChI=1S/C14H15NOS/c1-14(2,3)13-15-11(9-17-13)12(16)10-7-5-4-6-8-10/h4-9H,1-3H3. The molecule has 3 heteroatoms. The molecule has 0 saturated carbocycles. The minimum atomic E-state index is -0.00245. The van der Waals surface area contributed by atoms with E-state index < -0.39 is 0 Å². The first-order valence-corrected chi connectivity index (χ1v) is 6.42. The van der Waals surface area contributed by atoms with Crippen LogP contribution in [0.1, 0.15) is 41.8 Å². The predicted molar refractivity (Wildman–Crippen MR) is 70.7 cm³/mol. The Hall–Kier alpha value is -1.48. The molecule has 0 unspecified atom stereocenters. The van der Waals surface area contributed by atoms with Gasteiger partial charge in [0.15, 0.2) is 0 Å². The molecule has 2 aromatic rings. The van der Waals surface area contributed by atoms with Crippen molar-refractivity contribution >= 4 is 17.1 Å². The average molecular weight is 245 g/mol. The lowest BCUT2D eigenvalue weighted by Gasteiger charge is -2.13. The molecule has 1 aromatic carbocycles. The van der Waals surface area contributed by atoms with Crippen molar-refractivity contribution in [1.82, 2.24) is 4.98 Å². The minimum Gasteiger partial charge on any atom is -0.287 e. The van der Waals surface area contributed by atoms with Crippen LogP contribution in [0, 0.1) is 0 Å². The summed E-state index contributed by atoms with van der Waals surface area (Å²) < 4.78 is 0. The summed E-state index contributed by atoms with van der Waals surface area (Å²) in [7, 11) is 0. The highest BCUT2D eigenvalue weighted by atomic mass is 32.1. The second kappa shape index (κ2) is 4.41. The van der Waals surface area contributed by atoms with Gasteiger partial charge < -0.3 is 0 Å². The molecular formula is C14H15NOS. The molecule has 1 aromatic heterocycles. The molecule has 0 aliphatic heterocycles. The van der Waals surface area contributed by atoms with Gasteiger partial charge in [-0.3, -0.25) is 4.79 Å². The van der Waals surface area contributed by atoms with Crippen LogP contribution in [0.2, 0.25) is 0 Å². The monoisotopic (exact) mass is 245 g/mol. The largest absolute Gasteiger partial charge is 0.287 e. The number of thiazole rings is 1. The van der Waals surface area contributed by atoms with Gasteiger partial charge in [-0.05, 0) is 0 Å². The van der Waals surface area contributed by atoms with Gasteiger partial charge in [0.25, 0.3) is 0 Å². The van der Waals surface area contributed by atoms with E-state index in [4.69, 9.17) is 0 Å². The molecule has 0 spiro atoms. The van der Waals surface area contributed by atoms with Gasteiger partial charge in [-0.15, -0.1) is 11.3 Å². The molecule has 0 atom stereocenters. The summed E-state index contributed by atoms with van der Waals surface area (Å²) in [5.74, 6) is -0.00245. The summed E-state index contributed by atoms with van der Waals surface area (Å²) in [5, 5.41) is 2.84. The minimum absolute atomic E-state index is 0.000115. The Morgan fingerprint density at radius 2 is 1.82 bits per heavy atom. The zero-order valence-corrected chi connectivity index (χ0v) is 11.0. The smallest absolute Gasteiger partial charge is 0.212 e. The van der Waals surface area contributed by atoms with E-state index in [1.54, 1.807) is 11.3 Å². The van der Waals surface area contributed by atoms with Crippen LogP contribution < -0.4 is 0 Å². The number of carbonyl (C=O) groups excluding carboxylic acids is 1. The highest BCUT2D eigenvalue weighted by Gasteiger charge is 2.20. The van der Waals surface area contributed by atoms with E-state index in [-0.39, 0.29) is 11.2 Å². The van der Waals surface area contributed by atoms with Crippen LogP contribution in [-0.2, 0) is 5.41 Å². The van der Waals surface area contributed by atoms with Crippen LogP contribution in [0.3, 0.4) is 0 Å². The van der Waals surface area contributed by atoms with Crippen molar-refractivity contribution in [3.63, 3.8) is 0 Å². The molecule has 2 nitrogen and oxygen atoms in total. The molecule has 0 N–H and O–H groups in total. The second-order valence-electron chi connectivity index (χ2n) is 4.98. The van der Waals surface area contributed by atoms with E-state index in [9.17, 15) is 4.79 Å².